The van der Waals surface area contributed by atoms with E-state index < -0.39 is 0 Å². The minimum atomic E-state index is -0.334. The second kappa shape index (κ2) is 9.57. The topological polar surface area (TPSA) is 52.6 Å². The number of allylic oxidation sites excluding steroid dienone is 3. The van der Waals surface area contributed by atoms with E-state index in [-0.39, 0.29) is 11.9 Å². The SMILES string of the molecule is CC(=O)Oc1ccc(C(=C2CC=CCC2C(C)C)c2ccc(OC(C)=O)cc2)cc1. The monoisotopic (exact) mass is 404 g/mol. The highest BCUT2D eigenvalue weighted by Crippen LogP contribution is 2.40. The molecule has 0 bridgehead atoms. The Labute approximate surface area is 178 Å². The largest absolute Gasteiger partial charge is 0.427 e. The molecular formula is C26H28O4. The molecule has 0 spiro atoms. The van der Waals surface area contributed by atoms with Crippen molar-refractivity contribution >= 4 is 17.5 Å². The van der Waals surface area contributed by atoms with Gasteiger partial charge < -0.3 is 9.47 Å². The number of esters is 2. The van der Waals surface area contributed by atoms with Crippen LogP contribution in [0.4, 0.5) is 0 Å². The van der Waals surface area contributed by atoms with Crippen LogP contribution >= 0.6 is 0 Å². The van der Waals surface area contributed by atoms with Gasteiger partial charge in [0.15, 0.2) is 0 Å². The Morgan fingerprint density at radius 1 is 0.800 bits per heavy atom. The second-order valence-corrected chi connectivity index (χ2v) is 7.90. The number of hydrogen-bond donors (Lipinski definition) is 0. The Morgan fingerprint density at radius 2 is 1.27 bits per heavy atom. The molecule has 0 saturated carbocycles. The molecule has 1 aliphatic carbocycles. The molecule has 0 radical (unpaired) electrons. The lowest BCUT2D eigenvalue weighted by molar-refractivity contribution is -0.132. The fraction of sp³-hybridized carbons (Fsp3) is 0.308. The van der Waals surface area contributed by atoms with Crippen LogP contribution in [-0.4, -0.2) is 11.9 Å². The van der Waals surface area contributed by atoms with Gasteiger partial charge in [0.05, 0.1) is 0 Å². The van der Waals surface area contributed by atoms with Gasteiger partial charge >= 0.3 is 11.9 Å². The molecular weight excluding hydrogens is 376 g/mol. The number of carbonyl (C=O) groups excluding carboxylic acids is 2. The van der Waals surface area contributed by atoms with Gasteiger partial charge in [0, 0.05) is 13.8 Å². The number of rotatable bonds is 5. The zero-order valence-corrected chi connectivity index (χ0v) is 18.0. The molecule has 0 amide bonds. The highest BCUT2D eigenvalue weighted by atomic mass is 16.5. The van der Waals surface area contributed by atoms with E-state index in [1.165, 1.54) is 25.0 Å². The third-order valence-electron chi connectivity index (χ3n) is 5.28. The van der Waals surface area contributed by atoms with Crippen molar-refractivity contribution in [2.45, 2.75) is 40.5 Å². The van der Waals surface area contributed by atoms with Gasteiger partial charge in [-0.2, -0.15) is 0 Å². The number of ether oxygens (including phenoxy) is 2. The van der Waals surface area contributed by atoms with Crippen LogP contribution in [0.25, 0.3) is 5.57 Å². The average Bonchev–Trinajstić information content (AvgIpc) is 2.70. The first-order valence-electron chi connectivity index (χ1n) is 10.3. The van der Waals surface area contributed by atoms with E-state index in [2.05, 4.69) is 26.0 Å². The Morgan fingerprint density at radius 3 is 1.67 bits per heavy atom. The van der Waals surface area contributed by atoms with E-state index in [9.17, 15) is 9.59 Å². The lowest BCUT2D eigenvalue weighted by atomic mass is 9.76. The van der Waals surface area contributed by atoms with E-state index in [0.29, 0.717) is 23.3 Å². The van der Waals surface area contributed by atoms with E-state index >= 15 is 0 Å². The summed E-state index contributed by atoms with van der Waals surface area (Å²) in [5.74, 6) is 1.36. The Balaban J connectivity index is 2.09. The zero-order valence-electron chi connectivity index (χ0n) is 18.0. The first-order valence-corrected chi connectivity index (χ1v) is 10.3. The average molecular weight is 405 g/mol. The summed E-state index contributed by atoms with van der Waals surface area (Å²) in [6.45, 7) is 7.31. The summed E-state index contributed by atoms with van der Waals surface area (Å²) in [5.41, 5.74) is 4.72. The van der Waals surface area contributed by atoms with Crippen LogP contribution in [-0.2, 0) is 9.59 Å². The van der Waals surface area contributed by atoms with Crippen molar-refractivity contribution in [3.63, 3.8) is 0 Å². The summed E-state index contributed by atoms with van der Waals surface area (Å²) in [4.78, 5) is 22.5. The summed E-state index contributed by atoms with van der Waals surface area (Å²) < 4.78 is 10.4. The van der Waals surface area contributed by atoms with Crippen molar-refractivity contribution in [2.75, 3.05) is 0 Å². The van der Waals surface area contributed by atoms with Gasteiger partial charge in [0.1, 0.15) is 11.5 Å². The van der Waals surface area contributed by atoms with Gasteiger partial charge in [0.2, 0.25) is 0 Å². The molecule has 156 valence electrons. The van der Waals surface area contributed by atoms with Crippen molar-refractivity contribution in [3.8, 4) is 11.5 Å². The van der Waals surface area contributed by atoms with Crippen LogP contribution in [0.1, 0.15) is 51.7 Å². The Hall–Kier alpha value is -3.14. The van der Waals surface area contributed by atoms with E-state index in [0.717, 1.165) is 24.0 Å². The van der Waals surface area contributed by atoms with Crippen molar-refractivity contribution in [3.05, 3.63) is 77.4 Å². The van der Waals surface area contributed by atoms with Crippen molar-refractivity contribution in [1.82, 2.24) is 0 Å². The molecule has 2 aromatic rings. The maximum Gasteiger partial charge on any atom is 0.308 e. The summed E-state index contributed by atoms with van der Waals surface area (Å²) >= 11 is 0. The van der Waals surface area contributed by atoms with Gasteiger partial charge in [-0.3, -0.25) is 9.59 Å². The number of hydrogen-bond acceptors (Lipinski definition) is 4. The maximum absolute atomic E-state index is 11.3. The van der Waals surface area contributed by atoms with Crippen LogP contribution in [0.2, 0.25) is 0 Å². The van der Waals surface area contributed by atoms with Gasteiger partial charge in [-0.1, -0.05) is 55.8 Å². The predicted octanol–water partition coefficient (Wildman–Crippen LogP) is 5.96. The van der Waals surface area contributed by atoms with Crippen LogP contribution in [0.3, 0.4) is 0 Å². The first-order chi connectivity index (χ1) is 14.3. The quantitative estimate of drug-likeness (QED) is 0.350. The Bertz CT molecular complexity index is 902. The van der Waals surface area contributed by atoms with Gasteiger partial charge in [-0.15, -0.1) is 0 Å². The fourth-order valence-electron chi connectivity index (χ4n) is 3.96. The number of benzene rings is 2. The minimum absolute atomic E-state index is 0.334. The van der Waals surface area contributed by atoms with Crippen LogP contribution < -0.4 is 9.47 Å². The lowest BCUT2D eigenvalue weighted by Crippen LogP contribution is -2.15. The zero-order chi connectivity index (χ0) is 21.7. The second-order valence-electron chi connectivity index (χ2n) is 7.90. The highest BCUT2D eigenvalue weighted by molar-refractivity contribution is 5.83. The fourth-order valence-corrected chi connectivity index (χ4v) is 3.96. The highest BCUT2D eigenvalue weighted by Gasteiger charge is 2.24. The van der Waals surface area contributed by atoms with Crippen molar-refractivity contribution in [2.24, 2.45) is 11.8 Å². The first kappa shape index (κ1) is 21.6. The van der Waals surface area contributed by atoms with Crippen molar-refractivity contribution < 1.29 is 19.1 Å². The Kier molecular flexibility index (Phi) is 6.88. The molecule has 0 N–H and O–H groups in total. The molecule has 30 heavy (non-hydrogen) atoms. The van der Waals surface area contributed by atoms with E-state index in [1.54, 1.807) is 0 Å². The van der Waals surface area contributed by atoms with Crippen LogP contribution in [0, 0.1) is 11.8 Å². The molecule has 4 nitrogen and oxygen atoms in total. The summed E-state index contributed by atoms with van der Waals surface area (Å²) in [7, 11) is 0. The molecule has 2 aromatic carbocycles. The summed E-state index contributed by atoms with van der Waals surface area (Å²) in [5, 5.41) is 0. The standard InChI is InChI=1S/C26H28O4/c1-17(2)24-7-5-6-8-25(24)26(20-9-13-22(14-10-20)29-18(3)27)21-11-15-23(16-12-21)30-19(4)28/h5-6,9-17,24H,7-8H2,1-4H3. The molecule has 0 heterocycles. The van der Waals surface area contributed by atoms with E-state index in [1.807, 2.05) is 48.5 Å². The maximum atomic E-state index is 11.3. The van der Waals surface area contributed by atoms with Gasteiger partial charge in [0.25, 0.3) is 0 Å². The predicted molar refractivity (Wildman–Crippen MR) is 118 cm³/mol. The van der Waals surface area contributed by atoms with Crippen LogP contribution in [0.5, 0.6) is 11.5 Å². The molecule has 1 atom stereocenters. The third kappa shape index (κ3) is 5.26. The summed E-state index contributed by atoms with van der Waals surface area (Å²) in [6.07, 6.45) is 6.41. The molecule has 3 rings (SSSR count). The summed E-state index contributed by atoms with van der Waals surface area (Å²) in [6, 6.07) is 15.3. The normalized spacial score (nSPS) is 15.8. The third-order valence-corrected chi connectivity index (χ3v) is 5.28. The van der Waals surface area contributed by atoms with Gasteiger partial charge in [-0.25, -0.2) is 0 Å². The van der Waals surface area contributed by atoms with E-state index in [4.69, 9.17) is 9.47 Å². The minimum Gasteiger partial charge on any atom is -0.427 e. The number of carbonyl (C=O) groups is 2. The van der Waals surface area contributed by atoms with Crippen LogP contribution in [0.15, 0.2) is 66.3 Å². The molecule has 0 saturated heterocycles. The molecule has 1 unspecified atom stereocenters. The lowest BCUT2D eigenvalue weighted by Gasteiger charge is -2.29. The molecule has 0 fully saturated rings. The smallest absolute Gasteiger partial charge is 0.308 e. The molecule has 1 aliphatic rings. The molecule has 0 aliphatic heterocycles. The molecule has 0 aromatic heterocycles. The van der Waals surface area contributed by atoms with Gasteiger partial charge in [-0.05, 0) is 65.6 Å². The molecule has 4 heteroatoms. The van der Waals surface area contributed by atoms with Crippen molar-refractivity contribution in [1.29, 1.82) is 0 Å².